The number of ether oxygens (including phenoxy) is 1. The van der Waals surface area contributed by atoms with Gasteiger partial charge in [-0.3, -0.25) is 20.3 Å². The van der Waals surface area contributed by atoms with E-state index >= 15 is 0 Å². The lowest BCUT2D eigenvalue weighted by molar-refractivity contribution is -0.118. The van der Waals surface area contributed by atoms with E-state index in [0.717, 1.165) is 5.01 Å². The summed E-state index contributed by atoms with van der Waals surface area (Å²) >= 11 is 3.26. The van der Waals surface area contributed by atoms with E-state index in [1.54, 1.807) is 18.2 Å². The number of hydrogen-bond acceptors (Lipinski definition) is 4. The monoisotopic (exact) mass is 327 g/mol. The fourth-order valence-corrected chi connectivity index (χ4v) is 2.07. The van der Waals surface area contributed by atoms with Gasteiger partial charge in [-0.2, -0.15) is 0 Å². The van der Waals surface area contributed by atoms with Gasteiger partial charge in [-0.15, -0.1) is 0 Å². The Bertz CT molecular complexity index is 561. The van der Waals surface area contributed by atoms with Crippen LogP contribution in [0.15, 0.2) is 22.7 Å². The van der Waals surface area contributed by atoms with Crippen molar-refractivity contribution in [2.45, 2.75) is 0 Å². The first-order chi connectivity index (χ1) is 9.01. The summed E-state index contributed by atoms with van der Waals surface area (Å²) in [7, 11) is 1.51. The Balaban J connectivity index is 2.10. The zero-order valence-electron chi connectivity index (χ0n) is 9.90. The average Bonchev–Trinajstić information content (AvgIpc) is 2.67. The summed E-state index contributed by atoms with van der Waals surface area (Å²) in [5, 5.41) is 2.98. The number of halogens is 1. The van der Waals surface area contributed by atoms with Crippen LogP contribution in [0.5, 0.6) is 5.75 Å². The molecule has 1 aromatic carbocycles. The van der Waals surface area contributed by atoms with Gasteiger partial charge in [-0.25, -0.2) is 9.80 Å². The zero-order valence-corrected chi connectivity index (χ0v) is 11.5. The van der Waals surface area contributed by atoms with Crippen molar-refractivity contribution in [3.63, 3.8) is 0 Å². The molecule has 0 saturated carbocycles. The number of rotatable bonds is 3. The maximum atomic E-state index is 11.9. The highest BCUT2D eigenvalue weighted by Crippen LogP contribution is 2.25. The first-order valence-corrected chi connectivity index (χ1v) is 6.06. The molecule has 0 aliphatic carbocycles. The molecule has 2 N–H and O–H groups in total. The van der Waals surface area contributed by atoms with Crippen LogP contribution in [0, 0.1) is 0 Å². The van der Waals surface area contributed by atoms with Crippen molar-refractivity contribution in [3.8, 4) is 5.75 Å². The lowest BCUT2D eigenvalue weighted by Crippen LogP contribution is -2.44. The highest BCUT2D eigenvalue weighted by molar-refractivity contribution is 9.10. The van der Waals surface area contributed by atoms with Crippen molar-refractivity contribution in [1.29, 1.82) is 0 Å². The maximum Gasteiger partial charge on any atom is 0.343 e. The van der Waals surface area contributed by atoms with Crippen LogP contribution >= 0.6 is 15.9 Å². The predicted octanol–water partition coefficient (Wildman–Crippen LogP) is 0.654. The lowest BCUT2D eigenvalue weighted by atomic mass is 10.2. The second-order valence-corrected chi connectivity index (χ2v) is 4.58. The molecule has 100 valence electrons. The number of nitrogens with one attached hydrogen (secondary N) is 2. The summed E-state index contributed by atoms with van der Waals surface area (Å²) in [6, 6.07) is 4.08. The van der Waals surface area contributed by atoms with Crippen molar-refractivity contribution in [2.75, 3.05) is 13.7 Å². The molecule has 1 aliphatic heterocycles. The van der Waals surface area contributed by atoms with Crippen LogP contribution in [0.4, 0.5) is 4.79 Å². The smallest absolute Gasteiger partial charge is 0.343 e. The molecular weight excluding hydrogens is 318 g/mol. The summed E-state index contributed by atoms with van der Waals surface area (Å²) in [6.07, 6.45) is 0. The minimum atomic E-state index is -0.647. The van der Waals surface area contributed by atoms with Crippen LogP contribution in [0.2, 0.25) is 0 Å². The van der Waals surface area contributed by atoms with E-state index in [1.165, 1.54) is 7.11 Å². The number of carbonyl (C=O) groups is 3. The summed E-state index contributed by atoms with van der Waals surface area (Å²) in [6.45, 7) is -0.193. The minimum Gasteiger partial charge on any atom is -0.496 e. The molecule has 2 rings (SSSR count). The van der Waals surface area contributed by atoms with Gasteiger partial charge in [0.25, 0.3) is 5.91 Å². The average molecular weight is 328 g/mol. The van der Waals surface area contributed by atoms with Gasteiger partial charge in [-0.1, -0.05) is 0 Å². The van der Waals surface area contributed by atoms with E-state index < -0.39 is 17.8 Å². The number of benzene rings is 1. The van der Waals surface area contributed by atoms with E-state index in [4.69, 9.17) is 4.74 Å². The van der Waals surface area contributed by atoms with Crippen molar-refractivity contribution in [3.05, 3.63) is 28.2 Å². The molecule has 8 heteroatoms. The zero-order chi connectivity index (χ0) is 14.0. The summed E-state index contributed by atoms with van der Waals surface area (Å²) in [4.78, 5) is 34.1. The van der Waals surface area contributed by atoms with Gasteiger partial charge in [0, 0.05) is 5.56 Å². The van der Waals surface area contributed by atoms with Crippen LogP contribution in [-0.2, 0) is 4.79 Å². The number of imide groups is 1. The molecule has 0 spiro atoms. The normalized spacial score (nSPS) is 14.3. The van der Waals surface area contributed by atoms with Gasteiger partial charge in [-0.05, 0) is 34.1 Å². The van der Waals surface area contributed by atoms with Crippen LogP contribution in [0.25, 0.3) is 0 Å². The fraction of sp³-hybridized carbons (Fsp3) is 0.182. The van der Waals surface area contributed by atoms with Crippen LogP contribution in [0.3, 0.4) is 0 Å². The Kier molecular flexibility index (Phi) is 3.70. The van der Waals surface area contributed by atoms with Crippen molar-refractivity contribution in [1.82, 2.24) is 15.8 Å². The number of nitrogens with zero attached hydrogens (tertiary/aromatic N) is 1. The second-order valence-electron chi connectivity index (χ2n) is 3.73. The minimum absolute atomic E-state index is 0.193. The SMILES string of the molecule is COc1ccc(C(=O)NN2CC(=O)NC2=O)cc1Br. The molecule has 0 atom stereocenters. The third-order valence-electron chi connectivity index (χ3n) is 2.44. The molecule has 1 aliphatic rings. The Morgan fingerprint density at radius 1 is 1.47 bits per heavy atom. The third-order valence-corrected chi connectivity index (χ3v) is 3.06. The molecule has 19 heavy (non-hydrogen) atoms. The van der Waals surface area contributed by atoms with Crippen LogP contribution < -0.4 is 15.5 Å². The molecular formula is C11H10BrN3O4. The first-order valence-electron chi connectivity index (χ1n) is 5.27. The molecule has 1 aromatic rings. The number of urea groups is 1. The fourth-order valence-electron chi connectivity index (χ4n) is 1.53. The van der Waals surface area contributed by atoms with Crippen LogP contribution in [-0.4, -0.2) is 36.5 Å². The molecule has 4 amide bonds. The Hall–Kier alpha value is -2.09. The first kappa shape index (κ1) is 13.3. The van der Waals surface area contributed by atoms with Gasteiger partial charge in [0.15, 0.2) is 0 Å². The van der Waals surface area contributed by atoms with Gasteiger partial charge < -0.3 is 4.74 Å². The lowest BCUT2D eigenvalue weighted by Gasteiger charge is -2.14. The molecule has 7 nitrogen and oxygen atoms in total. The van der Waals surface area contributed by atoms with Crippen molar-refractivity contribution in [2.24, 2.45) is 0 Å². The molecule has 0 radical (unpaired) electrons. The number of methoxy groups -OCH3 is 1. The van der Waals surface area contributed by atoms with E-state index in [1.807, 2.05) is 0 Å². The predicted molar refractivity (Wildman–Crippen MR) is 68.4 cm³/mol. The Morgan fingerprint density at radius 2 is 2.21 bits per heavy atom. The molecule has 1 heterocycles. The summed E-state index contributed by atoms with van der Waals surface area (Å²) in [5.41, 5.74) is 2.67. The van der Waals surface area contributed by atoms with E-state index in [0.29, 0.717) is 15.8 Å². The molecule has 1 saturated heterocycles. The number of hydrogen-bond donors (Lipinski definition) is 2. The van der Waals surface area contributed by atoms with Gasteiger partial charge >= 0.3 is 6.03 Å². The van der Waals surface area contributed by atoms with Crippen molar-refractivity contribution >= 4 is 33.8 Å². The summed E-state index contributed by atoms with van der Waals surface area (Å²) in [5.74, 6) is -0.361. The molecule has 0 aromatic heterocycles. The number of amides is 4. The largest absolute Gasteiger partial charge is 0.496 e. The Labute approximate surface area is 117 Å². The second kappa shape index (κ2) is 5.27. The van der Waals surface area contributed by atoms with Crippen LogP contribution in [0.1, 0.15) is 10.4 Å². The van der Waals surface area contributed by atoms with Gasteiger partial charge in [0.05, 0.1) is 11.6 Å². The highest BCUT2D eigenvalue weighted by atomic mass is 79.9. The molecule has 1 fully saturated rings. The topological polar surface area (TPSA) is 87.7 Å². The molecule has 0 bridgehead atoms. The maximum absolute atomic E-state index is 11.9. The van der Waals surface area contributed by atoms with E-state index in [2.05, 4.69) is 26.7 Å². The third kappa shape index (κ3) is 2.84. The highest BCUT2D eigenvalue weighted by Gasteiger charge is 2.28. The van der Waals surface area contributed by atoms with Gasteiger partial charge in [0.1, 0.15) is 12.3 Å². The standard InChI is InChI=1S/C11H10BrN3O4/c1-19-8-3-2-6(4-7(8)12)10(17)14-15-5-9(16)13-11(15)18/h2-4H,5H2,1H3,(H,14,17)(H,13,16,18). The Morgan fingerprint density at radius 3 is 2.74 bits per heavy atom. The van der Waals surface area contributed by atoms with Crippen molar-refractivity contribution < 1.29 is 19.1 Å². The molecule has 0 unspecified atom stereocenters. The van der Waals surface area contributed by atoms with E-state index in [9.17, 15) is 14.4 Å². The quantitative estimate of drug-likeness (QED) is 0.798. The van der Waals surface area contributed by atoms with E-state index in [-0.39, 0.29) is 6.54 Å². The number of hydrazine groups is 1. The van der Waals surface area contributed by atoms with Gasteiger partial charge in [0.2, 0.25) is 5.91 Å². The number of carbonyl (C=O) groups excluding carboxylic acids is 3. The summed E-state index contributed by atoms with van der Waals surface area (Å²) < 4.78 is 5.66.